The lowest BCUT2D eigenvalue weighted by Gasteiger charge is -2.12. The topological polar surface area (TPSA) is 54.9 Å². The number of rotatable bonds is 13. The lowest BCUT2D eigenvalue weighted by Crippen LogP contribution is -2.38. The summed E-state index contributed by atoms with van der Waals surface area (Å²) in [6, 6.07) is 10.4. The molecule has 0 aliphatic rings. The number of benzene rings is 1. The van der Waals surface area contributed by atoms with E-state index < -0.39 is 0 Å². The SMILES string of the molecule is CCOCCCCNC(=NC)NCCCOCCc1ccccc1.I. The van der Waals surface area contributed by atoms with Crippen molar-refractivity contribution in [3.8, 4) is 0 Å². The van der Waals surface area contributed by atoms with Gasteiger partial charge in [-0.25, -0.2) is 0 Å². The van der Waals surface area contributed by atoms with Gasteiger partial charge in [-0.1, -0.05) is 30.3 Å². The van der Waals surface area contributed by atoms with Gasteiger partial charge < -0.3 is 20.1 Å². The monoisotopic (exact) mass is 463 g/mol. The minimum Gasteiger partial charge on any atom is -0.382 e. The van der Waals surface area contributed by atoms with Gasteiger partial charge in [-0.2, -0.15) is 0 Å². The van der Waals surface area contributed by atoms with E-state index in [2.05, 4.69) is 39.9 Å². The van der Waals surface area contributed by atoms with Crippen molar-refractivity contribution in [1.82, 2.24) is 10.6 Å². The summed E-state index contributed by atoms with van der Waals surface area (Å²) in [5.41, 5.74) is 1.32. The fourth-order valence-corrected chi connectivity index (χ4v) is 2.22. The van der Waals surface area contributed by atoms with E-state index in [-0.39, 0.29) is 24.0 Å². The van der Waals surface area contributed by atoms with Crippen LogP contribution in [-0.2, 0) is 15.9 Å². The molecule has 0 aromatic heterocycles. The number of guanidine groups is 1. The Morgan fingerprint density at radius 1 is 0.920 bits per heavy atom. The number of unbranched alkanes of at least 4 members (excludes halogenated alkanes) is 1. The van der Waals surface area contributed by atoms with Gasteiger partial charge in [-0.15, -0.1) is 24.0 Å². The van der Waals surface area contributed by atoms with Crippen LogP contribution in [0.3, 0.4) is 0 Å². The smallest absolute Gasteiger partial charge is 0.190 e. The Kier molecular flexibility index (Phi) is 17.3. The number of halogens is 1. The second-order valence-corrected chi connectivity index (χ2v) is 5.53. The van der Waals surface area contributed by atoms with Gasteiger partial charge in [0.2, 0.25) is 0 Å². The van der Waals surface area contributed by atoms with Gasteiger partial charge in [0.15, 0.2) is 5.96 Å². The molecule has 0 saturated carbocycles. The standard InChI is InChI=1S/C19H33N3O2.HI/c1-3-23-15-8-7-13-21-19(20-2)22-14-9-16-24-17-12-18-10-5-4-6-11-18;/h4-6,10-11H,3,7-9,12-17H2,1-2H3,(H2,20,21,22);1H. The molecule has 25 heavy (non-hydrogen) atoms. The van der Waals surface area contributed by atoms with Crippen LogP contribution in [0, 0.1) is 0 Å². The van der Waals surface area contributed by atoms with E-state index in [0.29, 0.717) is 0 Å². The van der Waals surface area contributed by atoms with Gasteiger partial charge in [0.25, 0.3) is 0 Å². The average Bonchev–Trinajstić information content (AvgIpc) is 2.62. The minimum absolute atomic E-state index is 0. The van der Waals surface area contributed by atoms with Crippen molar-refractivity contribution >= 4 is 29.9 Å². The van der Waals surface area contributed by atoms with Crippen molar-refractivity contribution in [3.05, 3.63) is 35.9 Å². The van der Waals surface area contributed by atoms with Crippen LogP contribution >= 0.6 is 24.0 Å². The molecule has 0 radical (unpaired) electrons. The van der Waals surface area contributed by atoms with Crippen LogP contribution in [0.4, 0.5) is 0 Å². The number of nitrogens with zero attached hydrogens (tertiary/aromatic N) is 1. The first-order valence-corrected chi connectivity index (χ1v) is 9.00. The summed E-state index contributed by atoms with van der Waals surface area (Å²) < 4.78 is 11.0. The van der Waals surface area contributed by atoms with Gasteiger partial charge in [0.1, 0.15) is 0 Å². The molecule has 0 bridgehead atoms. The van der Waals surface area contributed by atoms with Crippen LogP contribution in [0.25, 0.3) is 0 Å². The summed E-state index contributed by atoms with van der Waals surface area (Å²) in [5.74, 6) is 0.857. The molecule has 5 nitrogen and oxygen atoms in total. The van der Waals surface area contributed by atoms with E-state index in [4.69, 9.17) is 9.47 Å². The van der Waals surface area contributed by atoms with Crippen LogP contribution < -0.4 is 10.6 Å². The van der Waals surface area contributed by atoms with E-state index in [9.17, 15) is 0 Å². The van der Waals surface area contributed by atoms with E-state index in [1.165, 1.54) is 5.56 Å². The van der Waals surface area contributed by atoms with Gasteiger partial charge in [0, 0.05) is 40.0 Å². The fourth-order valence-electron chi connectivity index (χ4n) is 2.22. The van der Waals surface area contributed by atoms with Gasteiger partial charge in [-0.3, -0.25) is 4.99 Å². The third-order valence-electron chi connectivity index (χ3n) is 3.57. The van der Waals surface area contributed by atoms with Crippen LogP contribution in [0.15, 0.2) is 35.3 Å². The Labute approximate surface area is 170 Å². The molecule has 0 spiro atoms. The maximum Gasteiger partial charge on any atom is 0.190 e. The molecule has 0 atom stereocenters. The van der Waals surface area contributed by atoms with Crippen molar-refractivity contribution in [2.45, 2.75) is 32.6 Å². The molecule has 0 unspecified atom stereocenters. The van der Waals surface area contributed by atoms with Crippen molar-refractivity contribution in [1.29, 1.82) is 0 Å². The minimum atomic E-state index is 0. The van der Waals surface area contributed by atoms with E-state index in [1.807, 2.05) is 13.0 Å². The number of hydrogen-bond donors (Lipinski definition) is 2. The summed E-state index contributed by atoms with van der Waals surface area (Å²) in [5, 5.41) is 6.62. The largest absolute Gasteiger partial charge is 0.382 e. The summed E-state index contributed by atoms with van der Waals surface area (Å²) >= 11 is 0. The molecule has 0 saturated heterocycles. The van der Waals surface area contributed by atoms with Crippen LogP contribution in [-0.4, -0.2) is 52.5 Å². The maximum absolute atomic E-state index is 5.67. The van der Waals surface area contributed by atoms with Crippen molar-refractivity contribution in [3.63, 3.8) is 0 Å². The first-order valence-electron chi connectivity index (χ1n) is 9.00. The van der Waals surface area contributed by atoms with Crippen molar-refractivity contribution in [2.75, 3.05) is 46.6 Å². The Bertz CT molecular complexity index is 430. The second kappa shape index (κ2) is 17.9. The first-order chi connectivity index (χ1) is 11.9. The zero-order valence-corrected chi connectivity index (χ0v) is 18.0. The van der Waals surface area contributed by atoms with Crippen LogP contribution in [0.5, 0.6) is 0 Å². The Hall–Kier alpha value is -0.860. The highest BCUT2D eigenvalue weighted by Gasteiger charge is 1.97. The van der Waals surface area contributed by atoms with Gasteiger partial charge in [-0.05, 0) is 38.2 Å². The molecular weight excluding hydrogens is 429 g/mol. The molecule has 144 valence electrons. The van der Waals surface area contributed by atoms with E-state index >= 15 is 0 Å². The summed E-state index contributed by atoms with van der Waals surface area (Å²) in [6.45, 7) is 6.98. The van der Waals surface area contributed by atoms with Crippen LogP contribution in [0.2, 0.25) is 0 Å². The lowest BCUT2D eigenvalue weighted by atomic mass is 10.2. The van der Waals surface area contributed by atoms with Crippen LogP contribution in [0.1, 0.15) is 31.7 Å². The lowest BCUT2D eigenvalue weighted by molar-refractivity contribution is 0.135. The first kappa shape index (κ1) is 24.1. The predicted octanol–water partition coefficient (Wildman–Crippen LogP) is 3.24. The highest BCUT2D eigenvalue weighted by atomic mass is 127. The number of nitrogens with one attached hydrogen (secondary N) is 2. The van der Waals surface area contributed by atoms with E-state index in [1.54, 1.807) is 7.05 Å². The number of ether oxygens (including phenoxy) is 2. The molecule has 0 aliphatic heterocycles. The van der Waals surface area contributed by atoms with E-state index in [0.717, 1.165) is 71.2 Å². The predicted molar refractivity (Wildman–Crippen MR) is 116 cm³/mol. The Balaban J connectivity index is 0.00000576. The molecule has 1 rings (SSSR count). The highest BCUT2D eigenvalue weighted by molar-refractivity contribution is 14.0. The molecular formula is C19H34IN3O2. The van der Waals surface area contributed by atoms with Crippen molar-refractivity contribution in [2.24, 2.45) is 4.99 Å². The molecule has 0 heterocycles. The molecule has 1 aromatic rings. The molecule has 6 heteroatoms. The quantitative estimate of drug-likeness (QED) is 0.204. The summed E-state index contributed by atoms with van der Waals surface area (Å²) in [7, 11) is 1.80. The number of hydrogen-bond acceptors (Lipinski definition) is 3. The Morgan fingerprint density at radius 2 is 1.60 bits per heavy atom. The van der Waals surface area contributed by atoms with Crippen molar-refractivity contribution < 1.29 is 9.47 Å². The molecule has 0 fully saturated rings. The molecule has 1 aromatic carbocycles. The maximum atomic E-state index is 5.67. The van der Waals surface area contributed by atoms with Gasteiger partial charge in [0.05, 0.1) is 6.61 Å². The average molecular weight is 463 g/mol. The number of aliphatic imine (C=N–C) groups is 1. The summed E-state index contributed by atoms with van der Waals surface area (Å²) in [6.07, 6.45) is 4.11. The van der Waals surface area contributed by atoms with Gasteiger partial charge >= 0.3 is 0 Å². The highest BCUT2D eigenvalue weighted by Crippen LogP contribution is 1.99. The fraction of sp³-hybridized carbons (Fsp3) is 0.632. The Morgan fingerprint density at radius 3 is 2.28 bits per heavy atom. The zero-order chi connectivity index (χ0) is 17.3. The third-order valence-corrected chi connectivity index (χ3v) is 3.57. The summed E-state index contributed by atoms with van der Waals surface area (Å²) in [4.78, 5) is 4.22. The molecule has 0 aliphatic carbocycles. The third kappa shape index (κ3) is 14.0. The molecule has 0 amide bonds. The zero-order valence-electron chi connectivity index (χ0n) is 15.6. The second-order valence-electron chi connectivity index (χ2n) is 5.53. The normalized spacial score (nSPS) is 11.0. The molecule has 2 N–H and O–H groups in total.